The Hall–Kier alpha value is 1.02. The highest BCUT2D eigenvalue weighted by atomic mass is 35.5. The second kappa shape index (κ2) is 26.9. The first-order valence-electron chi connectivity index (χ1n) is 6.50. The molecule has 0 atom stereocenters. The van der Waals surface area contributed by atoms with Crippen molar-refractivity contribution in [1.29, 1.82) is 0 Å². The molecule has 0 unspecified atom stereocenters. The van der Waals surface area contributed by atoms with E-state index in [4.69, 9.17) is 0 Å². The molecule has 140 valence electrons. The summed E-state index contributed by atoms with van der Waals surface area (Å²) in [5, 5.41) is 0. The third kappa shape index (κ3) is 23.3. The predicted molar refractivity (Wildman–Crippen MR) is 93.4 cm³/mol. The Morgan fingerprint density at radius 3 is 0.591 bits per heavy atom. The quantitative estimate of drug-likeness (QED) is 0.287. The second-order valence-electron chi connectivity index (χ2n) is 3.82. The van der Waals surface area contributed by atoms with E-state index in [1.807, 2.05) is 0 Å². The number of rotatable bonds is 12. The molecule has 0 aliphatic heterocycles. The van der Waals surface area contributed by atoms with E-state index >= 15 is 0 Å². The highest BCUT2D eigenvalue weighted by Crippen LogP contribution is 2.34. The molecule has 0 spiro atoms. The first-order valence-corrected chi connectivity index (χ1v) is 10.3. The molecule has 0 aliphatic carbocycles. The fourth-order valence-electron chi connectivity index (χ4n) is 1.39. The van der Waals surface area contributed by atoms with Gasteiger partial charge >= 0.3 is 0 Å². The topological polar surface area (TPSA) is 0 Å². The molecule has 0 aromatic carbocycles. The van der Waals surface area contributed by atoms with Crippen LogP contribution in [0.2, 0.25) is 0 Å². The van der Waals surface area contributed by atoms with Crippen LogP contribution in [0.4, 0.5) is 26.3 Å². The van der Waals surface area contributed by atoms with Crippen LogP contribution >= 0.6 is 40.7 Å². The summed E-state index contributed by atoms with van der Waals surface area (Å²) in [7, 11) is -1.37. The van der Waals surface area contributed by atoms with Gasteiger partial charge in [0.15, 0.2) is 0 Å². The highest BCUT2D eigenvalue weighted by Gasteiger charge is 2.06. The zero-order valence-corrected chi connectivity index (χ0v) is 15.9. The summed E-state index contributed by atoms with van der Waals surface area (Å²) in [4.78, 5) is 0. The molecule has 0 aliphatic rings. The zero-order valence-electron chi connectivity index (χ0n) is 12.5. The van der Waals surface area contributed by atoms with Crippen LogP contribution in [0, 0.1) is 0 Å². The van der Waals surface area contributed by atoms with Crippen LogP contribution in [0.15, 0.2) is 0 Å². The molecule has 10 heteroatoms. The normalized spacial score (nSPS) is 9.82. The first kappa shape index (κ1) is 30.9. The fraction of sp³-hybridized carbons (Fsp3) is 1.00. The van der Waals surface area contributed by atoms with Crippen molar-refractivity contribution in [3.63, 3.8) is 0 Å². The molecule has 0 aromatic rings. The lowest BCUT2D eigenvalue weighted by atomic mass is 10.9. The minimum atomic E-state index is -0.686. The Balaban J connectivity index is -0.000000135. The van der Waals surface area contributed by atoms with Gasteiger partial charge in [-0.1, -0.05) is 15.8 Å². The van der Waals surface area contributed by atoms with Gasteiger partial charge in [0, 0.05) is 0 Å². The van der Waals surface area contributed by atoms with E-state index in [2.05, 4.69) is 0 Å². The molecule has 0 rings (SSSR count). The van der Waals surface area contributed by atoms with Crippen LogP contribution in [0.1, 0.15) is 0 Å². The van der Waals surface area contributed by atoms with Crippen molar-refractivity contribution in [3.05, 3.63) is 0 Å². The van der Waals surface area contributed by atoms with Crippen molar-refractivity contribution in [2.45, 2.75) is 0 Å². The smallest absolute Gasteiger partial charge is 0.0933 e. The molecule has 0 radical (unpaired) electrons. The van der Waals surface area contributed by atoms with Crippen molar-refractivity contribution in [3.8, 4) is 0 Å². The average molecular weight is 417 g/mol. The van der Waals surface area contributed by atoms with Crippen molar-refractivity contribution in [1.82, 2.24) is 0 Å². The maximum Gasteiger partial charge on any atom is 0.0933 e. The van der Waals surface area contributed by atoms with Crippen LogP contribution in [-0.4, -0.2) is 77.0 Å². The summed E-state index contributed by atoms with van der Waals surface area (Å²) in [6, 6.07) is 0. The Morgan fingerprint density at radius 1 is 0.364 bits per heavy atom. The minimum absolute atomic E-state index is 0. The monoisotopic (exact) mass is 416 g/mol. The summed E-state index contributed by atoms with van der Waals surface area (Å²) < 4.78 is 70.0. The summed E-state index contributed by atoms with van der Waals surface area (Å²) in [6.45, 7) is -2.63. The number of alkyl halides is 6. The van der Waals surface area contributed by atoms with Crippen LogP contribution < -0.4 is 0 Å². The van der Waals surface area contributed by atoms with Crippen molar-refractivity contribution in [2.24, 2.45) is 0 Å². The zero-order chi connectivity index (χ0) is 15.6. The number of hydrogen-bond acceptors (Lipinski definition) is 0. The lowest BCUT2D eigenvalue weighted by Crippen LogP contribution is -1.99. The van der Waals surface area contributed by atoms with Gasteiger partial charge in [-0.15, -0.1) is 24.8 Å². The standard InChI is InChI=1S/2C6H12F3P.2ClH/c2*7-1-4-10(5-2-8)6-3-9;;/h2*1-6H2;2*1H. The van der Waals surface area contributed by atoms with E-state index in [1.165, 1.54) is 0 Å². The molecule has 0 amide bonds. The van der Waals surface area contributed by atoms with Crippen LogP contribution in [0.3, 0.4) is 0 Å². The van der Waals surface area contributed by atoms with Gasteiger partial charge in [0.25, 0.3) is 0 Å². The van der Waals surface area contributed by atoms with Crippen LogP contribution in [0.25, 0.3) is 0 Å². The summed E-state index contributed by atoms with van der Waals surface area (Å²) >= 11 is 0. The van der Waals surface area contributed by atoms with Gasteiger partial charge < -0.3 is 0 Å². The Labute approximate surface area is 144 Å². The molecule has 0 heterocycles. The van der Waals surface area contributed by atoms with E-state index in [0.717, 1.165) is 0 Å². The maximum absolute atomic E-state index is 11.7. The molecular weight excluding hydrogens is 391 g/mol. The Kier molecular flexibility index (Phi) is 37.7. The third-order valence-corrected chi connectivity index (χ3v) is 7.21. The molecule has 0 nitrogen and oxygen atoms in total. The van der Waals surface area contributed by atoms with Gasteiger partial charge in [0.05, 0.1) is 40.0 Å². The van der Waals surface area contributed by atoms with Gasteiger partial charge in [-0.05, 0) is 37.0 Å². The van der Waals surface area contributed by atoms with Crippen LogP contribution in [0.5, 0.6) is 0 Å². The molecule has 0 aromatic heterocycles. The minimum Gasteiger partial charge on any atom is -0.251 e. The highest BCUT2D eigenvalue weighted by molar-refractivity contribution is 7.58. The molecule has 0 N–H and O–H groups in total. The van der Waals surface area contributed by atoms with E-state index in [1.54, 1.807) is 0 Å². The predicted octanol–water partition coefficient (Wildman–Crippen LogP) is 5.60. The molecule has 0 bridgehead atoms. The van der Waals surface area contributed by atoms with Crippen LogP contribution in [-0.2, 0) is 0 Å². The molecule has 0 saturated heterocycles. The Morgan fingerprint density at radius 2 is 0.500 bits per heavy atom. The third-order valence-electron chi connectivity index (χ3n) is 2.40. The maximum atomic E-state index is 11.7. The van der Waals surface area contributed by atoms with Crippen molar-refractivity contribution >= 4 is 40.7 Å². The van der Waals surface area contributed by atoms with Crippen molar-refractivity contribution in [2.75, 3.05) is 77.0 Å². The van der Waals surface area contributed by atoms with Gasteiger partial charge in [-0.3, -0.25) is 26.3 Å². The summed E-state index contributed by atoms with van der Waals surface area (Å²) in [5.41, 5.74) is 0. The SMILES string of the molecule is Cl.Cl.FCCP(CCF)CCF.FCCP(CCF)CCF. The van der Waals surface area contributed by atoms with E-state index in [-0.39, 0.29) is 24.8 Å². The average Bonchev–Trinajstić information content (AvgIpc) is 2.41. The lowest BCUT2D eigenvalue weighted by Gasteiger charge is -2.10. The second-order valence-corrected chi connectivity index (χ2v) is 9.18. The molecule has 0 saturated carbocycles. The first-order chi connectivity index (χ1) is 9.69. The summed E-state index contributed by atoms with van der Waals surface area (Å²) in [6.07, 6.45) is 2.19. The van der Waals surface area contributed by atoms with E-state index in [9.17, 15) is 26.3 Å². The van der Waals surface area contributed by atoms with E-state index < -0.39 is 55.9 Å². The van der Waals surface area contributed by atoms with Gasteiger partial charge in [-0.2, -0.15) is 0 Å². The van der Waals surface area contributed by atoms with Gasteiger partial charge in [-0.25, -0.2) is 0 Å². The lowest BCUT2D eigenvalue weighted by molar-refractivity contribution is 0.512. The number of hydrogen-bond donors (Lipinski definition) is 0. The molecular formula is C12H26Cl2F6P2. The number of halogens is 8. The summed E-state index contributed by atoms with van der Waals surface area (Å²) in [5.74, 6) is 0. The van der Waals surface area contributed by atoms with Gasteiger partial charge in [0.1, 0.15) is 0 Å². The largest absolute Gasteiger partial charge is 0.251 e. The van der Waals surface area contributed by atoms with Crippen molar-refractivity contribution < 1.29 is 26.3 Å². The Bertz CT molecular complexity index is 139. The fourth-order valence-corrected chi connectivity index (χ4v) is 4.16. The molecule has 0 fully saturated rings. The van der Waals surface area contributed by atoms with Gasteiger partial charge in [0.2, 0.25) is 0 Å². The van der Waals surface area contributed by atoms with E-state index in [0.29, 0.717) is 37.0 Å². The molecule has 22 heavy (non-hydrogen) atoms.